The van der Waals surface area contributed by atoms with E-state index in [4.69, 9.17) is 14.7 Å². The number of hydrogen-bond donors (Lipinski definition) is 1. The Morgan fingerprint density at radius 3 is 2.37 bits per heavy atom. The molecular formula is C15H25N3O. The molecule has 1 aliphatic heterocycles. The first kappa shape index (κ1) is 14.4. The number of aryl methyl sites for hydroxylation is 2. The molecule has 1 saturated heterocycles. The van der Waals surface area contributed by atoms with E-state index in [1.807, 2.05) is 7.05 Å². The van der Waals surface area contributed by atoms with Gasteiger partial charge in [0, 0.05) is 18.0 Å². The van der Waals surface area contributed by atoms with E-state index in [0.717, 1.165) is 51.1 Å². The summed E-state index contributed by atoms with van der Waals surface area (Å²) >= 11 is 0. The van der Waals surface area contributed by atoms with Crippen molar-refractivity contribution >= 4 is 0 Å². The highest BCUT2D eigenvalue weighted by atomic mass is 16.5. The Morgan fingerprint density at radius 2 is 1.89 bits per heavy atom. The molecule has 0 bridgehead atoms. The van der Waals surface area contributed by atoms with E-state index in [1.54, 1.807) is 0 Å². The second-order valence-electron chi connectivity index (χ2n) is 5.02. The first-order valence-electron chi connectivity index (χ1n) is 7.44. The molecule has 1 N–H and O–H groups in total. The van der Waals surface area contributed by atoms with Gasteiger partial charge in [0.05, 0.1) is 0 Å². The molecule has 2 heterocycles. The van der Waals surface area contributed by atoms with Crippen molar-refractivity contribution in [1.29, 1.82) is 0 Å². The molecule has 1 atom stereocenters. The molecule has 106 valence electrons. The molecule has 0 saturated carbocycles. The van der Waals surface area contributed by atoms with Crippen molar-refractivity contribution in [1.82, 2.24) is 15.3 Å². The third-order valence-electron chi connectivity index (χ3n) is 3.71. The zero-order chi connectivity index (χ0) is 13.7. The van der Waals surface area contributed by atoms with Gasteiger partial charge in [-0.3, -0.25) is 0 Å². The van der Waals surface area contributed by atoms with Crippen LogP contribution in [0.25, 0.3) is 0 Å². The third kappa shape index (κ3) is 3.31. The maximum absolute atomic E-state index is 5.72. The zero-order valence-corrected chi connectivity index (χ0v) is 12.3. The van der Waals surface area contributed by atoms with Crippen LogP contribution in [0.1, 0.15) is 55.6 Å². The molecule has 0 amide bonds. The molecule has 0 aromatic carbocycles. The van der Waals surface area contributed by atoms with Crippen molar-refractivity contribution in [3.8, 4) is 0 Å². The van der Waals surface area contributed by atoms with E-state index in [0.29, 0.717) is 0 Å². The van der Waals surface area contributed by atoms with Crippen LogP contribution in [0.2, 0.25) is 0 Å². The largest absolute Gasteiger partial charge is 0.370 e. The number of rotatable bonds is 6. The Bertz CT molecular complexity index is 389. The topological polar surface area (TPSA) is 47.0 Å². The lowest BCUT2D eigenvalue weighted by Crippen LogP contribution is -2.17. The molecular weight excluding hydrogens is 238 g/mol. The molecule has 1 aliphatic rings. The Labute approximate surface area is 116 Å². The zero-order valence-electron chi connectivity index (χ0n) is 12.3. The average Bonchev–Trinajstić information content (AvgIpc) is 2.98. The van der Waals surface area contributed by atoms with Gasteiger partial charge in [-0.2, -0.15) is 0 Å². The van der Waals surface area contributed by atoms with Gasteiger partial charge in [-0.05, 0) is 51.3 Å². The van der Waals surface area contributed by atoms with Gasteiger partial charge in [0.1, 0.15) is 6.10 Å². The minimum absolute atomic E-state index is 0.119. The van der Waals surface area contributed by atoms with Crippen LogP contribution >= 0.6 is 0 Å². The first-order valence-corrected chi connectivity index (χ1v) is 7.44. The normalized spacial score (nSPS) is 19.0. The SMILES string of the molecule is CCc1nc(C2CCCO2)nc(CC)c1CCNC. The standard InChI is InChI=1S/C15H25N3O/c1-4-12-11(8-9-16-3)13(5-2)18-15(17-12)14-7-6-10-19-14/h14,16H,4-10H2,1-3H3. The fourth-order valence-electron chi connectivity index (χ4n) is 2.65. The van der Waals surface area contributed by atoms with Crippen LogP contribution in [-0.4, -0.2) is 30.2 Å². The van der Waals surface area contributed by atoms with Crippen LogP contribution in [0.5, 0.6) is 0 Å². The molecule has 19 heavy (non-hydrogen) atoms. The lowest BCUT2D eigenvalue weighted by atomic mass is 10.0. The highest BCUT2D eigenvalue weighted by molar-refractivity contribution is 5.27. The molecule has 1 fully saturated rings. The predicted molar refractivity (Wildman–Crippen MR) is 76.3 cm³/mol. The Kier molecular flexibility index (Phi) is 5.28. The number of likely N-dealkylation sites (N-methyl/N-ethyl adjacent to an activating group) is 1. The maximum Gasteiger partial charge on any atom is 0.157 e. The van der Waals surface area contributed by atoms with E-state index >= 15 is 0 Å². The number of hydrogen-bond acceptors (Lipinski definition) is 4. The lowest BCUT2D eigenvalue weighted by molar-refractivity contribution is 0.104. The molecule has 1 aromatic heterocycles. The van der Waals surface area contributed by atoms with Crippen LogP contribution < -0.4 is 5.32 Å². The monoisotopic (exact) mass is 263 g/mol. The van der Waals surface area contributed by atoms with Crippen LogP contribution in [0.15, 0.2) is 0 Å². The van der Waals surface area contributed by atoms with Crippen molar-refractivity contribution in [2.24, 2.45) is 0 Å². The molecule has 1 unspecified atom stereocenters. The van der Waals surface area contributed by atoms with E-state index in [9.17, 15) is 0 Å². The number of aromatic nitrogens is 2. The molecule has 1 aromatic rings. The Balaban J connectivity index is 2.32. The van der Waals surface area contributed by atoms with Gasteiger partial charge in [0.15, 0.2) is 5.82 Å². The van der Waals surface area contributed by atoms with Crippen molar-refractivity contribution in [3.63, 3.8) is 0 Å². The number of ether oxygens (including phenoxy) is 1. The minimum Gasteiger partial charge on any atom is -0.370 e. The van der Waals surface area contributed by atoms with Crippen LogP contribution in [0.3, 0.4) is 0 Å². The molecule has 0 radical (unpaired) electrons. The number of nitrogens with zero attached hydrogens (tertiary/aromatic N) is 2. The van der Waals surface area contributed by atoms with Gasteiger partial charge >= 0.3 is 0 Å². The van der Waals surface area contributed by atoms with Crippen LogP contribution in [0.4, 0.5) is 0 Å². The molecule has 4 nitrogen and oxygen atoms in total. The Hall–Kier alpha value is -1.00. The molecule has 4 heteroatoms. The van der Waals surface area contributed by atoms with Gasteiger partial charge in [-0.1, -0.05) is 13.8 Å². The summed E-state index contributed by atoms with van der Waals surface area (Å²) in [6.07, 6.45) is 5.24. The summed E-state index contributed by atoms with van der Waals surface area (Å²) in [4.78, 5) is 9.54. The smallest absolute Gasteiger partial charge is 0.157 e. The van der Waals surface area contributed by atoms with Gasteiger partial charge in [0.2, 0.25) is 0 Å². The van der Waals surface area contributed by atoms with Gasteiger partial charge < -0.3 is 10.1 Å². The fraction of sp³-hybridized carbons (Fsp3) is 0.733. The van der Waals surface area contributed by atoms with Crippen molar-refractivity contribution < 1.29 is 4.74 Å². The van der Waals surface area contributed by atoms with Crippen molar-refractivity contribution in [2.45, 2.75) is 52.1 Å². The second kappa shape index (κ2) is 6.96. The summed E-state index contributed by atoms with van der Waals surface area (Å²) in [5.74, 6) is 0.902. The first-order chi connectivity index (χ1) is 9.30. The second-order valence-corrected chi connectivity index (χ2v) is 5.02. The van der Waals surface area contributed by atoms with E-state index in [-0.39, 0.29) is 6.10 Å². The lowest BCUT2D eigenvalue weighted by Gasteiger charge is -2.16. The maximum atomic E-state index is 5.72. The van der Waals surface area contributed by atoms with E-state index in [1.165, 1.54) is 17.0 Å². The predicted octanol–water partition coefficient (Wildman–Crippen LogP) is 2.21. The Morgan fingerprint density at radius 1 is 1.21 bits per heavy atom. The van der Waals surface area contributed by atoms with Gasteiger partial charge in [-0.25, -0.2) is 9.97 Å². The van der Waals surface area contributed by atoms with Gasteiger partial charge in [-0.15, -0.1) is 0 Å². The van der Waals surface area contributed by atoms with Crippen LogP contribution in [-0.2, 0) is 24.0 Å². The minimum atomic E-state index is 0.119. The molecule has 0 spiro atoms. The third-order valence-corrected chi connectivity index (χ3v) is 3.71. The summed E-state index contributed by atoms with van der Waals surface area (Å²) in [5.41, 5.74) is 3.74. The molecule has 0 aliphatic carbocycles. The summed E-state index contributed by atoms with van der Waals surface area (Å²) in [7, 11) is 1.98. The van der Waals surface area contributed by atoms with Gasteiger partial charge in [0.25, 0.3) is 0 Å². The summed E-state index contributed by atoms with van der Waals surface area (Å²) in [6, 6.07) is 0. The summed E-state index contributed by atoms with van der Waals surface area (Å²) in [6.45, 7) is 6.16. The summed E-state index contributed by atoms with van der Waals surface area (Å²) < 4.78 is 5.72. The highest BCUT2D eigenvalue weighted by Gasteiger charge is 2.22. The highest BCUT2D eigenvalue weighted by Crippen LogP contribution is 2.27. The quantitative estimate of drug-likeness (QED) is 0.855. The summed E-state index contributed by atoms with van der Waals surface area (Å²) in [5, 5.41) is 3.21. The van der Waals surface area contributed by atoms with Crippen LogP contribution in [0, 0.1) is 0 Å². The van der Waals surface area contributed by atoms with Crippen molar-refractivity contribution in [3.05, 3.63) is 22.8 Å². The average molecular weight is 263 g/mol. The van der Waals surface area contributed by atoms with Crippen molar-refractivity contribution in [2.75, 3.05) is 20.2 Å². The molecule has 2 rings (SSSR count). The fourth-order valence-corrected chi connectivity index (χ4v) is 2.65. The number of nitrogens with one attached hydrogen (secondary N) is 1. The van der Waals surface area contributed by atoms with E-state index in [2.05, 4.69) is 19.2 Å². The van der Waals surface area contributed by atoms with E-state index < -0.39 is 0 Å².